The van der Waals surface area contributed by atoms with Crippen LogP contribution in [0.3, 0.4) is 0 Å². The summed E-state index contributed by atoms with van der Waals surface area (Å²) in [6, 6.07) is 0. The van der Waals surface area contributed by atoms with E-state index in [0.717, 1.165) is 45.7 Å². The van der Waals surface area contributed by atoms with Gasteiger partial charge >= 0.3 is 0 Å². The van der Waals surface area contributed by atoms with Gasteiger partial charge in [-0.1, -0.05) is 19.3 Å². The molecule has 0 aromatic rings. The molecule has 1 saturated heterocycles. The topological polar surface area (TPSA) is 44.4 Å². The first-order valence-electron chi connectivity index (χ1n) is 6.57. The fraction of sp³-hybridized carbons (Fsp3) is 0.917. The molecular formula is C12H23N3O. The number of hydrogen-bond acceptors (Lipinski definition) is 3. The number of nitrogens with zero attached hydrogens (tertiary/aromatic N) is 1. The molecule has 2 N–H and O–H groups in total. The molecule has 0 atom stereocenters. The third kappa shape index (κ3) is 3.46. The van der Waals surface area contributed by atoms with Crippen molar-refractivity contribution in [1.29, 1.82) is 0 Å². The summed E-state index contributed by atoms with van der Waals surface area (Å²) < 4.78 is 0. The molecule has 4 heteroatoms. The van der Waals surface area contributed by atoms with Crippen molar-refractivity contribution in [3.63, 3.8) is 0 Å². The van der Waals surface area contributed by atoms with Crippen LogP contribution in [0.4, 0.5) is 0 Å². The summed E-state index contributed by atoms with van der Waals surface area (Å²) in [7, 11) is 0. The van der Waals surface area contributed by atoms with Crippen LogP contribution in [-0.4, -0.2) is 43.7 Å². The van der Waals surface area contributed by atoms with Gasteiger partial charge in [-0.15, -0.1) is 0 Å². The molecule has 16 heavy (non-hydrogen) atoms. The Balaban J connectivity index is 1.65. The third-order valence-corrected chi connectivity index (χ3v) is 3.66. The zero-order valence-corrected chi connectivity index (χ0v) is 10.0. The number of carbonyl (C=O) groups excluding carboxylic acids is 1. The van der Waals surface area contributed by atoms with Crippen molar-refractivity contribution in [2.75, 3.05) is 32.8 Å². The molecule has 2 aliphatic rings. The predicted octanol–water partition coefficient (Wildman–Crippen LogP) is 0.546. The summed E-state index contributed by atoms with van der Waals surface area (Å²) in [6.07, 6.45) is 5.94. The lowest BCUT2D eigenvalue weighted by atomic mass is 9.89. The van der Waals surface area contributed by atoms with E-state index >= 15 is 0 Å². The first-order valence-corrected chi connectivity index (χ1v) is 6.57. The predicted molar refractivity (Wildman–Crippen MR) is 64.0 cm³/mol. The average molecular weight is 225 g/mol. The van der Waals surface area contributed by atoms with E-state index in [0.29, 0.717) is 0 Å². The molecule has 1 heterocycles. The van der Waals surface area contributed by atoms with Gasteiger partial charge in [0.2, 0.25) is 5.91 Å². The van der Waals surface area contributed by atoms with Crippen LogP contribution >= 0.6 is 0 Å². The Morgan fingerprint density at radius 1 is 1.19 bits per heavy atom. The van der Waals surface area contributed by atoms with Crippen LogP contribution < -0.4 is 10.6 Å². The smallest absolute Gasteiger partial charge is 0.224 e. The Bertz CT molecular complexity index is 220. The Labute approximate surface area is 97.8 Å². The molecule has 0 unspecified atom stereocenters. The highest BCUT2D eigenvalue weighted by Crippen LogP contribution is 2.23. The molecule has 0 bridgehead atoms. The van der Waals surface area contributed by atoms with Crippen LogP contribution in [0.1, 0.15) is 32.1 Å². The monoisotopic (exact) mass is 225 g/mol. The van der Waals surface area contributed by atoms with Crippen LogP contribution in [0, 0.1) is 5.92 Å². The second kappa shape index (κ2) is 6.21. The maximum atomic E-state index is 11.9. The van der Waals surface area contributed by atoms with Crippen molar-refractivity contribution in [2.45, 2.75) is 32.1 Å². The van der Waals surface area contributed by atoms with E-state index < -0.39 is 0 Å². The summed E-state index contributed by atoms with van der Waals surface area (Å²) in [4.78, 5) is 14.2. The quantitative estimate of drug-likeness (QED) is 0.737. The number of nitrogens with one attached hydrogen (secondary N) is 2. The molecule has 0 aromatic heterocycles. The Morgan fingerprint density at radius 3 is 2.56 bits per heavy atom. The van der Waals surface area contributed by atoms with E-state index in [1.54, 1.807) is 0 Å². The number of hydrogen-bond donors (Lipinski definition) is 2. The fourth-order valence-electron chi connectivity index (χ4n) is 2.57. The number of piperazine rings is 1. The lowest BCUT2D eigenvalue weighted by molar-refractivity contribution is -0.126. The second-order valence-electron chi connectivity index (χ2n) is 4.90. The molecule has 2 fully saturated rings. The Morgan fingerprint density at radius 2 is 1.88 bits per heavy atom. The molecule has 0 aromatic carbocycles. The molecule has 4 nitrogen and oxygen atoms in total. The van der Waals surface area contributed by atoms with Gasteiger partial charge in [0.15, 0.2) is 0 Å². The first-order chi connectivity index (χ1) is 7.86. The van der Waals surface area contributed by atoms with Gasteiger partial charge in [0.1, 0.15) is 0 Å². The summed E-state index contributed by atoms with van der Waals surface area (Å²) in [5.74, 6) is 0.565. The van der Waals surface area contributed by atoms with Gasteiger partial charge < -0.3 is 10.6 Å². The highest BCUT2D eigenvalue weighted by Gasteiger charge is 2.21. The van der Waals surface area contributed by atoms with Gasteiger partial charge in [-0.3, -0.25) is 9.69 Å². The minimum atomic E-state index is 0.276. The van der Waals surface area contributed by atoms with Crippen LogP contribution in [0.25, 0.3) is 0 Å². The standard InChI is InChI=1S/C12H23N3O/c16-12(11-4-2-1-3-5-11)14-10-15-8-6-13-7-9-15/h11,13H,1-10H2,(H,14,16). The van der Waals surface area contributed by atoms with E-state index in [1.807, 2.05) is 0 Å². The third-order valence-electron chi connectivity index (χ3n) is 3.66. The normalized spacial score (nSPS) is 24.2. The van der Waals surface area contributed by atoms with Crippen LogP contribution in [-0.2, 0) is 4.79 Å². The van der Waals surface area contributed by atoms with E-state index in [9.17, 15) is 4.79 Å². The lowest BCUT2D eigenvalue weighted by Crippen LogP contribution is -2.49. The maximum absolute atomic E-state index is 11.9. The summed E-state index contributed by atoms with van der Waals surface area (Å²) in [5.41, 5.74) is 0. The van der Waals surface area contributed by atoms with Gasteiger partial charge in [0.25, 0.3) is 0 Å². The second-order valence-corrected chi connectivity index (χ2v) is 4.90. The largest absolute Gasteiger partial charge is 0.343 e. The van der Waals surface area contributed by atoms with E-state index in [1.165, 1.54) is 19.3 Å². The zero-order chi connectivity index (χ0) is 11.2. The van der Waals surface area contributed by atoms with Gasteiger partial charge in [-0.2, -0.15) is 0 Å². The molecule has 1 aliphatic heterocycles. The van der Waals surface area contributed by atoms with E-state index in [-0.39, 0.29) is 11.8 Å². The van der Waals surface area contributed by atoms with Crippen molar-refractivity contribution in [3.05, 3.63) is 0 Å². The minimum absolute atomic E-state index is 0.276. The number of rotatable bonds is 3. The molecule has 0 spiro atoms. The fourth-order valence-corrected chi connectivity index (χ4v) is 2.57. The molecule has 0 radical (unpaired) electrons. The summed E-state index contributed by atoms with van der Waals surface area (Å²) in [5, 5.41) is 6.39. The minimum Gasteiger partial charge on any atom is -0.343 e. The van der Waals surface area contributed by atoms with Gasteiger partial charge in [-0.05, 0) is 12.8 Å². The molecule has 2 rings (SSSR count). The summed E-state index contributed by atoms with van der Waals surface area (Å²) >= 11 is 0. The lowest BCUT2D eigenvalue weighted by Gasteiger charge is -2.28. The van der Waals surface area contributed by atoms with Crippen LogP contribution in [0.5, 0.6) is 0 Å². The van der Waals surface area contributed by atoms with Crippen LogP contribution in [0.15, 0.2) is 0 Å². The number of carbonyl (C=O) groups is 1. The van der Waals surface area contributed by atoms with E-state index in [4.69, 9.17) is 0 Å². The molecule has 92 valence electrons. The van der Waals surface area contributed by atoms with Crippen LogP contribution in [0.2, 0.25) is 0 Å². The Hall–Kier alpha value is -0.610. The average Bonchev–Trinajstić information content (AvgIpc) is 2.38. The van der Waals surface area contributed by atoms with Crippen molar-refractivity contribution in [2.24, 2.45) is 5.92 Å². The van der Waals surface area contributed by atoms with Crippen molar-refractivity contribution < 1.29 is 4.79 Å². The highest BCUT2D eigenvalue weighted by atomic mass is 16.2. The molecular weight excluding hydrogens is 202 g/mol. The summed E-state index contributed by atoms with van der Waals surface area (Å²) in [6.45, 7) is 4.91. The van der Waals surface area contributed by atoms with Crippen molar-refractivity contribution in [1.82, 2.24) is 15.5 Å². The maximum Gasteiger partial charge on any atom is 0.224 e. The van der Waals surface area contributed by atoms with Gasteiger partial charge in [0, 0.05) is 32.1 Å². The van der Waals surface area contributed by atoms with Crippen molar-refractivity contribution in [3.8, 4) is 0 Å². The van der Waals surface area contributed by atoms with Gasteiger partial charge in [0.05, 0.1) is 6.67 Å². The SMILES string of the molecule is O=C(NCN1CCNCC1)C1CCCCC1. The molecule has 1 amide bonds. The van der Waals surface area contributed by atoms with E-state index in [2.05, 4.69) is 15.5 Å². The molecule has 1 saturated carbocycles. The van der Waals surface area contributed by atoms with Gasteiger partial charge in [-0.25, -0.2) is 0 Å². The molecule has 1 aliphatic carbocycles. The first kappa shape index (κ1) is 11.9. The zero-order valence-electron chi connectivity index (χ0n) is 10.0. The number of amides is 1. The van der Waals surface area contributed by atoms with Crippen molar-refractivity contribution >= 4 is 5.91 Å². The highest BCUT2D eigenvalue weighted by molar-refractivity contribution is 5.78. The Kier molecular flexibility index (Phi) is 4.60.